The second-order valence-corrected chi connectivity index (χ2v) is 5.00. The number of carbonyl (C=O) groups is 2. The number of anilines is 1. The minimum absolute atomic E-state index is 0.199. The molecule has 0 fully saturated rings. The van der Waals surface area contributed by atoms with Gasteiger partial charge in [0.15, 0.2) is 0 Å². The first-order chi connectivity index (χ1) is 10.5. The van der Waals surface area contributed by atoms with Gasteiger partial charge in [0.2, 0.25) is 0 Å². The highest BCUT2D eigenvalue weighted by molar-refractivity contribution is 6.39. The van der Waals surface area contributed by atoms with Crippen molar-refractivity contribution < 1.29 is 14.7 Å². The van der Waals surface area contributed by atoms with Crippen molar-refractivity contribution in [2.45, 2.75) is 13.3 Å². The fourth-order valence-corrected chi connectivity index (χ4v) is 1.97. The van der Waals surface area contributed by atoms with E-state index in [1.165, 1.54) is 0 Å². The third-order valence-electron chi connectivity index (χ3n) is 3.12. The molecule has 0 unspecified atom stereocenters. The summed E-state index contributed by atoms with van der Waals surface area (Å²) in [6.07, 6.45) is 0.587. The number of phenolic OH excluding ortho intramolecular Hbond substituents is 1. The summed E-state index contributed by atoms with van der Waals surface area (Å²) in [5, 5.41) is 14.3. The van der Waals surface area contributed by atoms with E-state index in [0.717, 1.165) is 11.1 Å². The average Bonchev–Trinajstić information content (AvgIpc) is 2.49. The molecule has 0 aliphatic rings. The summed E-state index contributed by atoms with van der Waals surface area (Å²) in [4.78, 5) is 23.5. The molecule has 0 heterocycles. The Morgan fingerprint density at radius 3 is 2.45 bits per heavy atom. The first kappa shape index (κ1) is 15.6. The average molecular weight is 298 g/mol. The summed E-state index contributed by atoms with van der Waals surface area (Å²) in [6, 6.07) is 14.0. The van der Waals surface area contributed by atoms with Gasteiger partial charge in [-0.2, -0.15) is 0 Å². The highest BCUT2D eigenvalue weighted by atomic mass is 16.3. The van der Waals surface area contributed by atoms with Gasteiger partial charge in [0.25, 0.3) is 0 Å². The molecule has 2 amide bonds. The van der Waals surface area contributed by atoms with Gasteiger partial charge in [-0.1, -0.05) is 24.3 Å². The molecule has 2 aromatic rings. The van der Waals surface area contributed by atoms with Gasteiger partial charge < -0.3 is 15.7 Å². The predicted octanol–water partition coefficient (Wildman–Crippen LogP) is 2.00. The van der Waals surface area contributed by atoms with Crippen LogP contribution >= 0.6 is 0 Å². The smallest absolute Gasteiger partial charge is 0.313 e. The Morgan fingerprint density at radius 1 is 1.05 bits per heavy atom. The molecule has 0 saturated heterocycles. The molecular formula is C17H18N2O3. The Hall–Kier alpha value is -2.82. The lowest BCUT2D eigenvalue weighted by atomic mass is 10.1. The number of hydrogen-bond acceptors (Lipinski definition) is 3. The maximum Gasteiger partial charge on any atom is 0.313 e. The van der Waals surface area contributed by atoms with E-state index in [4.69, 9.17) is 0 Å². The first-order valence-electron chi connectivity index (χ1n) is 6.98. The van der Waals surface area contributed by atoms with Gasteiger partial charge in [-0.05, 0) is 48.7 Å². The number of phenols is 1. The van der Waals surface area contributed by atoms with E-state index in [0.29, 0.717) is 18.7 Å². The van der Waals surface area contributed by atoms with Crippen molar-refractivity contribution >= 4 is 17.5 Å². The van der Waals surface area contributed by atoms with Crippen LogP contribution in [0.15, 0.2) is 48.5 Å². The highest BCUT2D eigenvalue weighted by Crippen LogP contribution is 2.10. The molecule has 2 aromatic carbocycles. The fraction of sp³-hybridized carbons (Fsp3) is 0.176. The Bertz CT molecular complexity index is 666. The number of aryl methyl sites for hydroxylation is 1. The highest BCUT2D eigenvalue weighted by Gasteiger charge is 2.12. The van der Waals surface area contributed by atoms with E-state index in [2.05, 4.69) is 10.6 Å². The van der Waals surface area contributed by atoms with Crippen LogP contribution in [0, 0.1) is 6.92 Å². The van der Waals surface area contributed by atoms with Crippen LogP contribution in [0.25, 0.3) is 0 Å². The normalized spacial score (nSPS) is 10.0. The third-order valence-corrected chi connectivity index (χ3v) is 3.12. The number of amides is 2. The number of rotatable bonds is 4. The van der Waals surface area contributed by atoms with E-state index in [9.17, 15) is 14.7 Å². The van der Waals surface area contributed by atoms with Crippen LogP contribution in [0.2, 0.25) is 0 Å². The van der Waals surface area contributed by atoms with Crippen LogP contribution in [0.5, 0.6) is 5.75 Å². The van der Waals surface area contributed by atoms with Crippen LogP contribution in [0.3, 0.4) is 0 Å². The van der Waals surface area contributed by atoms with Crippen molar-refractivity contribution in [2.24, 2.45) is 0 Å². The molecule has 0 atom stereocenters. The molecule has 3 N–H and O–H groups in total. The summed E-state index contributed by atoms with van der Waals surface area (Å²) in [7, 11) is 0. The van der Waals surface area contributed by atoms with Crippen LogP contribution < -0.4 is 10.6 Å². The lowest BCUT2D eigenvalue weighted by molar-refractivity contribution is -0.136. The second kappa shape index (κ2) is 7.26. The van der Waals surface area contributed by atoms with Gasteiger partial charge in [-0.15, -0.1) is 0 Å². The van der Waals surface area contributed by atoms with Gasteiger partial charge >= 0.3 is 11.8 Å². The standard InChI is InChI=1S/C17H18N2O3/c1-12-3-2-4-14(11-12)19-17(22)16(21)18-10-9-13-5-7-15(20)8-6-13/h2-8,11,20H,9-10H2,1H3,(H,18,21)(H,19,22). The Morgan fingerprint density at radius 2 is 1.77 bits per heavy atom. The van der Waals surface area contributed by atoms with Gasteiger partial charge in [-0.25, -0.2) is 0 Å². The summed E-state index contributed by atoms with van der Waals surface area (Å²) in [6.45, 7) is 2.26. The lowest BCUT2D eigenvalue weighted by Crippen LogP contribution is -2.36. The van der Waals surface area contributed by atoms with Gasteiger partial charge in [0, 0.05) is 12.2 Å². The van der Waals surface area contributed by atoms with Crippen LogP contribution in [-0.2, 0) is 16.0 Å². The molecule has 0 spiro atoms. The maximum absolute atomic E-state index is 11.8. The minimum atomic E-state index is -0.684. The SMILES string of the molecule is Cc1cccc(NC(=O)C(=O)NCCc2ccc(O)cc2)c1. The molecule has 0 aliphatic heterocycles. The number of carbonyl (C=O) groups excluding carboxylic acids is 2. The predicted molar refractivity (Wildman–Crippen MR) is 84.6 cm³/mol. The molecule has 0 aliphatic carbocycles. The molecule has 0 radical (unpaired) electrons. The minimum Gasteiger partial charge on any atom is -0.508 e. The van der Waals surface area contributed by atoms with Crippen LogP contribution in [0.1, 0.15) is 11.1 Å². The van der Waals surface area contributed by atoms with Crippen molar-refractivity contribution in [3.8, 4) is 5.75 Å². The van der Waals surface area contributed by atoms with Gasteiger partial charge in [-0.3, -0.25) is 9.59 Å². The van der Waals surface area contributed by atoms with Crippen LogP contribution in [0.4, 0.5) is 5.69 Å². The fourth-order valence-electron chi connectivity index (χ4n) is 1.97. The zero-order chi connectivity index (χ0) is 15.9. The monoisotopic (exact) mass is 298 g/mol. The van der Waals surface area contributed by atoms with Gasteiger partial charge in [0.1, 0.15) is 5.75 Å². The molecule has 0 saturated carbocycles. The van der Waals surface area contributed by atoms with E-state index in [1.807, 2.05) is 19.1 Å². The van der Waals surface area contributed by atoms with Gasteiger partial charge in [0.05, 0.1) is 0 Å². The molecule has 0 aromatic heterocycles. The Kier molecular flexibility index (Phi) is 5.14. The summed E-state index contributed by atoms with van der Waals surface area (Å²) in [5.74, 6) is -1.15. The second-order valence-electron chi connectivity index (χ2n) is 5.00. The van der Waals surface area contributed by atoms with Crippen molar-refractivity contribution in [3.63, 3.8) is 0 Å². The van der Waals surface area contributed by atoms with Crippen molar-refractivity contribution in [2.75, 3.05) is 11.9 Å². The topological polar surface area (TPSA) is 78.4 Å². The Balaban J connectivity index is 1.79. The van der Waals surface area contributed by atoms with E-state index >= 15 is 0 Å². The number of aromatic hydroxyl groups is 1. The maximum atomic E-state index is 11.8. The molecular weight excluding hydrogens is 280 g/mol. The largest absolute Gasteiger partial charge is 0.508 e. The quantitative estimate of drug-likeness (QED) is 0.755. The molecule has 5 heteroatoms. The molecule has 114 valence electrons. The zero-order valence-corrected chi connectivity index (χ0v) is 12.3. The molecule has 0 bridgehead atoms. The van der Waals surface area contributed by atoms with E-state index in [-0.39, 0.29) is 5.75 Å². The number of hydrogen-bond donors (Lipinski definition) is 3. The van der Waals surface area contributed by atoms with Crippen molar-refractivity contribution in [1.29, 1.82) is 0 Å². The number of nitrogens with one attached hydrogen (secondary N) is 2. The van der Waals surface area contributed by atoms with Crippen LogP contribution in [-0.4, -0.2) is 23.5 Å². The number of benzene rings is 2. The molecule has 2 rings (SSSR count). The Labute approximate surface area is 129 Å². The molecule has 22 heavy (non-hydrogen) atoms. The lowest BCUT2D eigenvalue weighted by Gasteiger charge is -2.07. The first-order valence-corrected chi connectivity index (χ1v) is 6.98. The van der Waals surface area contributed by atoms with Crippen molar-refractivity contribution in [1.82, 2.24) is 5.32 Å². The van der Waals surface area contributed by atoms with E-state index in [1.54, 1.807) is 36.4 Å². The zero-order valence-electron chi connectivity index (χ0n) is 12.3. The summed E-state index contributed by atoms with van der Waals surface area (Å²) < 4.78 is 0. The third kappa shape index (κ3) is 4.63. The van der Waals surface area contributed by atoms with E-state index < -0.39 is 11.8 Å². The summed E-state index contributed by atoms with van der Waals surface area (Å²) in [5.41, 5.74) is 2.57. The summed E-state index contributed by atoms with van der Waals surface area (Å²) >= 11 is 0. The van der Waals surface area contributed by atoms with Crippen molar-refractivity contribution in [3.05, 3.63) is 59.7 Å². The molecule has 5 nitrogen and oxygen atoms in total.